The maximum atomic E-state index is 12.7. The summed E-state index contributed by atoms with van der Waals surface area (Å²) in [6.07, 6.45) is 5.42. The lowest BCUT2D eigenvalue weighted by atomic mass is 10.2. The molecule has 0 unspecified atom stereocenters. The van der Waals surface area contributed by atoms with E-state index in [0.717, 1.165) is 47.4 Å². The van der Waals surface area contributed by atoms with E-state index in [1.54, 1.807) is 10.9 Å². The van der Waals surface area contributed by atoms with Crippen LogP contribution in [0.4, 0.5) is 0 Å². The van der Waals surface area contributed by atoms with Crippen molar-refractivity contribution in [1.82, 2.24) is 29.9 Å². The third-order valence-electron chi connectivity index (χ3n) is 4.35. The van der Waals surface area contributed by atoms with Crippen LogP contribution in [0, 0.1) is 6.92 Å². The van der Waals surface area contributed by atoms with Crippen LogP contribution >= 0.6 is 0 Å². The number of hydrogen-bond acceptors (Lipinski definition) is 4. The van der Waals surface area contributed by atoms with Crippen LogP contribution in [-0.4, -0.2) is 42.3 Å². The van der Waals surface area contributed by atoms with E-state index in [4.69, 9.17) is 0 Å². The van der Waals surface area contributed by atoms with Crippen molar-refractivity contribution in [3.8, 4) is 0 Å². The molecule has 0 saturated carbocycles. The van der Waals surface area contributed by atoms with Crippen molar-refractivity contribution in [2.24, 2.45) is 0 Å². The summed E-state index contributed by atoms with van der Waals surface area (Å²) in [5, 5.41) is 12.6. The summed E-state index contributed by atoms with van der Waals surface area (Å²) in [4.78, 5) is 19.0. The predicted molar refractivity (Wildman–Crippen MR) is 84.6 cm³/mol. The van der Waals surface area contributed by atoms with Crippen LogP contribution in [0.15, 0.2) is 24.5 Å². The Morgan fingerprint density at radius 2 is 2.35 bits per heavy atom. The molecule has 23 heavy (non-hydrogen) atoms. The van der Waals surface area contributed by atoms with Crippen LogP contribution in [0.3, 0.4) is 0 Å². The Hall–Kier alpha value is -2.70. The fourth-order valence-corrected chi connectivity index (χ4v) is 3.14. The van der Waals surface area contributed by atoms with E-state index in [2.05, 4.69) is 20.3 Å². The number of H-pyrrole nitrogens is 1. The molecule has 7 nitrogen and oxygen atoms in total. The molecule has 0 radical (unpaired) electrons. The molecule has 1 amide bonds. The van der Waals surface area contributed by atoms with Gasteiger partial charge in [-0.2, -0.15) is 10.2 Å². The van der Waals surface area contributed by atoms with Gasteiger partial charge in [-0.05, 0) is 31.9 Å². The van der Waals surface area contributed by atoms with Crippen LogP contribution < -0.4 is 0 Å². The van der Waals surface area contributed by atoms with Gasteiger partial charge < -0.3 is 4.90 Å². The van der Waals surface area contributed by atoms with Gasteiger partial charge in [0.25, 0.3) is 0 Å². The Labute approximate surface area is 133 Å². The SMILES string of the molecule is Cc1nn(CC(=O)N2CCCc3[nH]ncc3C2)c2ncccc12. The summed E-state index contributed by atoms with van der Waals surface area (Å²) in [6.45, 7) is 3.52. The topological polar surface area (TPSA) is 79.7 Å². The number of aromatic nitrogens is 5. The third kappa shape index (κ3) is 2.48. The number of amides is 1. The van der Waals surface area contributed by atoms with Crippen LogP contribution in [0.5, 0.6) is 0 Å². The number of nitrogens with zero attached hydrogens (tertiary/aromatic N) is 5. The maximum absolute atomic E-state index is 12.7. The van der Waals surface area contributed by atoms with Gasteiger partial charge in [-0.25, -0.2) is 9.67 Å². The summed E-state index contributed by atoms with van der Waals surface area (Å²) in [5.41, 5.74) is 3.91. The molecule has 0 fully saturated rings. The number of pyridine rings is 1. The highest BCUT2D eigenvalue weighted by molar-refractivity contribution is 5.81. The minimum Gasteiger partial charge on any atom is -0.337 e. The zero-order chi connectivity index (χ0) is 15.8. The average Bonchev–Trinajstić information content (AvgIpc) is 3.06. The molecule has 0 saturated heterocycles. The second kappa shape index (κ2) is 5.49. The van der Waals surface area contributed by atoms with Crippen molar-refractivity contribution in [3.05, 3.63) is 41.5 Å². The Kier molecular flexibility index (Phi) is 3.33. The standard InChI is InChI=1S/C16H18N6O/c1-11-13-4-2-6-17-16(13)22(20-11)10-15(23)21-7-3-5-14-12(9-21)8-18-19-14/h2,4,6,8H,3,5,7,9-10H2,1H3,(H,18,19). The number of rotatable bonds is 2. The Balaban J connectivity index is 1.57. The fourth-order valence-electron chi connectivity index (χ4n) is 3.14. The van der Waals surface area contributed by atoms with Crippen molar-refractivity contribution in [3.63, 3.8) is 0 Å². The second-order valence-corrected chi connectivity index (χ2v) is 5.91. The highest BCUT2D eigenvalue weighted by atomic mass is 16.2. The molecular weight excluding hydrogens is 292 g/mol. The first kappa shape index (κ1) is 13.9. The van der Waals surface area contributed by atoms with E-state index in [1.807, 2.05) is 30.2 Å². The van der Waals surface area contributed by atoms with E-state index in [9.17, 15) is 4.79 Å². The first-order valence-corrected chi connectivity index (χ1v) is 7.79. The Morgan fingerprint density at radius 3 is 3.26 bits per heavy atom. The molecule has 0 bridgehead atoms. The second-order valence-electron chi connectivity index (χ2n) is 5.91. The first-order valence-electron chi connectivity index (χ1n) is 7.79. The van der Waals surface area contributed by atoms with Gasteiger partial charge in [0.2, 0.25) is 5.91 Å². The molecule has 1 aliphatic rings. The summed E-state index contributed by atoms with van der Waals surface area (Å²) >= 11 is 0. The van der Waals surface area contributed by atoms with Crippen molar-refractivity contribution in [1.29, 1.82) is 0 Å². The van der Waals surface area contributed by atoms with Gasteiger partial charge in [-0.15, -0.1) is 0 Å². The molecule has 0 aliphatic carbocycles. The molecule has 1 N–H and O–H groups in total. The number of aryl methyl sites for hydroxylation is 2. The normalized spacial score (nSPS) is 14.7. The van der Waals surface area contributed by atoms with E-state index >= 15 is 0 Å². The third-order valence-corrected chi connectivity index (χ3v) is 4.35. The van der Waals surface area contributed by atoms with Crippen LogP contribution in [0.25, 0.3) is 11.0 Å². The van der Waals surface area contributed by atoms with Gasteiger partial charge in [0.05, 0.1) is 11.9 Å². The van der Waals surface area contributed by atoms with E-state index in [-0.39, 0.29) is 12.5 Å². The predicted octanol–water partition coefficient (Wildman–Crippen LogP) is 1.44. The van der Waals surface area contributed by atoms with Gasteiger partial charge in [-0.1, -0.05) is 0 Å². The Morgan fingerprint density at radius 1 is 1.43 bits per heavy atom. The quantitative estimate of drug-likeness (QED) is 0.776. The molecule has 4 rings (SSSR count). The fraction of sp³-hybridized carbons (Fsp3) is 0.375. The van der Waals surface area contributed by atoms with Crippen LogP contribution in [0.2, 0.25) is 0 Å². The number of nitrogens with one attached hydrogen (secondary N) is 1. The number of hydrogen-bond donors (Lipinski definition) is 1. The summed E-state index contributed by atoms with van der Waals surface area (Å²) < 4.78 is 1.70. The van der Waals surface area contributed by atoms with Crippen molar-refractivity contribution in [2.45, 2.75) is 32.9 Å². The van der Waals surface area contributed by atoms with Gasteiger partial charge in [-0.3, -0.25) is 9.89 Å². The zero-order valence-corrected chi connectivity index (χ0v) is 13.0. The number of fused-ring (bicyclic) bond motifs is 2. The molecule has 0 spiro atoms. The number of aromatic amines is 1. The minimum absolute atomic E-state index is 0.0640. The average molecular weight is 310 g/mol. The summed E-state index contributed by atoms with van der Waals surface area (Å²) in [5.74, 6) is 0.0640. The van der Waals surface area contributed by atoms with Crippen molar-refractivity contribution in [2.75, 3.05) is 6.54 Å². The highest BCUT2D eigenvalue weighted by Crippen LogP contribution is 2.18. The highest BCUT2D eigenvalue weighted by Gasteiger charge is 2.21. The van der Waals surface area contributed by atoms with Crippen molar-refractivity contribution < 1.29 is 4.79 Å². The molecule has 7 heteroatoms. The van der Waals surface area contributed by atoms with Crippen LogP contribution in [0.1, 0.15) is 23.4 Å². The lowest BCUT2D eigenvalue weighted by Crippen LogP contribution is -2.33. The molecule has 118 valence electrons. The monoisotopic (exact) mass is 310 g/mol. The lowest BCUT2D eigenvalue weighted by molar-refractivity contribution is -0.132. The lowest BCUT2D eigenvalue weighted by Gasteiger charge is -2.20. The Bertz CT molecular complexity index is 864. The molecule has 0 aromatic carbocycles. The van der Waals surface area contributed by atoms with E-state index in [1.165, 1.54) is 0 Å². The molecule has 3 aromatic rings. The maximum Gasteiger partial charge on any atom is 0.244 e. The van der Waals surface area contributed by atoms with E-state index < -0.39 is 0 Å². The van der Waals surface area contributed by atoms with E-state index in [0.29, 0.717) is 6.54 Å². The van der Waals surface area contributed by atoms with Gasteiger partial charge in [0.1, 0.15) is 6.54 Å². The zero-order valence-electron chi connectivity index (χ0n) is 13.0. The van der Waals surface area contributed by atoms with Crippen molar-refractivity contribution >= 4 is 16.9 Å². The van der Waals surface area contributed by atoms with Gasteiger partial charge in [0.15, 0.2) is 5.65 Å². The van der Waals surface area contributed by atoms with Gasteiger partial charge in [0, 0.05) is 35.9 Å². The van der Waals surface area contributed by atoms with Crippen LogP contribution in [-0.2, 0) is 24.3 Å². The smallest absolute Gasteiger partial charge is 0.244 e. The molecular formula is C16H18N6O. The summed E-state index contributed by atoms with van der Waals surface area (Å²) in [7, 11) is 0. The number of carbonyl (C=O) groups excluding carboxylic acids is 1. The minimum atomic E-state index is 0.0640. The molecule has 0 atom stereocenters. The molecule has 3 aromatic heterocycles. The van der Waals surface area contributed by atoms with Gasteiger partial charge >= 0.3 is 0 Å². The largest absolute Gasteiger partial charge is 0.337 e. The molecule has 1 aliphatic heterocycles. The molecule has 4 heterocycles. The first-order chi connectivity index (χ1) is 11.2. The summed E-state index contributed by atoms with van der Waals surface area (Å²) in [6, 6.07) is 3.87. The number of carbonyl (C=O) groups is 1.